The number of hydrogen-bond acceptors (Lipinski definition) is 5. The Hall–Kier alpha value is -3.09. The molecule has 2 heterocycles. The van der Waals surface area contributed by atoms with Crippen LogP contribution in [0, 0.1) is 0 Å². The largest absolute Gasteiger partial charge is 0.493 e. The van der Waals surface area contributed by atoms with Crippen LogP contribution in [0.5, 0.6) is 11.5 Å². The summed E-state index contributed by atoms with van der Waals surface area (Å²) in [7, 11) is 1.56. The molecule has 0 saturated carbocycles. The van der Waals surface area contributed by atoms with Gasteiger partial charge in [0, 0.05) is 62.8 Å². The van der Waals surface area contributed by atoms with Crippen molar-refractivity contribution >= 4 is 11.8 Å². The lowest BCUT2D eigenvalue weighted by Gasteiger charge is -2.31. The van der Waals surface area contributed by atoms with Gasteiger partial charge in [0.25, 0.3) is 5.91 Å². The highest BCUT2D eigenvalue weighted by atomic mass is 16.5. The van der Waals surface area contributed by atoms with Gasteiger partial charge in [0.05, 0.1) is 7.11 Å². The SMILES string of the molecule is COc1cc(C(=O)N[C@H](C)Cc2ccccn2)ccc1OC1CCN(C(C)=O)CC1. The number of amides is 2. The van der Waals surface area contributed by atoms with Crippen molar-refractivity contribution in [3.05, 3.63) is 53.9 Å². The summed E-state index contributed by atoms with van der Waals surface area (Å²) in [5.74, 6) is 1.06. The number of pyridine rings is 1. The van der Waals surface area contributed by atoms with Crippen LogP contribution in [-0.4, -0.2) is 54.0 Å². The topological polar surface area (TPSA) is 80.8 Å². The maximum Gasteiger partial charge on any atom is 0.251 e. The Kier molecular flexibility index (Phi) is 7.27. The van der Waals surface area contributed by atoms with Gasteiger partial charge in [-0.05, 0) is 37.3 Å². The molecule has 30 heavy (non-hydrogen) atoms. The summed E-state index contributed by atoms with van der Waals surface area (Å²) in [5, 5.41) is 3.00. The predicted molar refractivity (Wildman–Crippen MR) is 114 cm³/mol. The van der Waals surface area contributed by atoms with Gasteiger partial charge in [-0.3, -0.25) is 14.6 Å². The number of ether oxygens (including phenoxy) is 2. The number of rotatable bonds is 7. The van der Waals surface area contributed by atoms with Gasteiger partial charge in [-0.15, -0.1) is 0 Å². The molecule has 3 rings (SSSR count). The van der Waals surface area contributed by atoms with E-state index in [1.54, 1.807) is 38.4 Å². The number of likely N-dealkylation sites (tertiary alicyclic amines) is 1. The second-order valence-electron chi connectivity index (χ2n) is 7.59. The standard InChI is InChI=1S/C23H29N3O4/c1-16(14-19-6-4-5-11-24-19)25-23(28)18-7-8-21(22(15-18)29-3)30-20-9-12-26(13-10-20)17(2)27/h4-8,11,15-16,20H,9-10,12-14H2,1-3H3,(H,25,28)/t16-/m1/s1. The summed E-state index contributed by atoms with van der Waals surface area (Å²) in [5.41, 5.74) is 1.45. The van der Waals surface area contributed by atoms with Crippen molar-refractivity contribution in [1.29, 1.82) is 0 Å². The molecule has 1 aliphatic rings. The van der Waals surface area contributed by atoms with Gasteiger partial charge in [0.15, 0.2) is 11.5 Å². The quantitative estimate of drug-likeness (QED) is 0.758. The molecule has 1 fully saturated rings. The highest BCUT2D eigenvalue weighted by Gasteiger charge is 2.23. The molecule has 0 spiro atoms. The van der Waals surface area contributed by atoms with Crippen LogP contribution in [0.2, 0.25) is 0 Å². The molecule has 1 N–H and O–H groups in total. The zero-order valence-corrected chi connectivity index (χ0v) is 17.8. The molecule has 2 amide bonds. The van der Waals surface area contributed by atoms with Crippen LogP contribution in [0.15, 0.2) is 42.6 Å². The predicted octanol–water partition coefficient (Wildman–Crippen LogP) is 2.84. The average Bonchev–Trinajstić information content (AvgIpc) is 2.75. The molecule has 7 heteroatoms. The molecule has 1 aliphatic heterocycles. The molecular weight excluding hydrogens is 382 g/mol. The van der Waals surface area contributed by atoms with E-state index in [0.717, 1.165) is 18.5 Å². The van der Waals surface area contributed by atoms with Gasteiger partial charge >= 0.3 is 0 Å². The second kappa shape index (κ2) is 10.1. The van der Waals surface area contributed by atoms with Crippen LogP contribution in [0.25, 0.3) is 0 Å². The first kappa shape index (κ1) is 21.6. The summed E-state index contributed by atoms with van der Waals surface area (Å²) >= 11 is 0. The van der Waals surface area contributed by atoms with E-state index < -0.39 is 0 Å². The van der Waals surface area contributed by atoms with E-state index in [4.69, 9.17) is 9.47 Å². The molecular formula is C23H29N3O4. The van der Waals surface area contributed by atoms with Crippen molar-refractivity contribution in [2.75, 3.05) is 20.2 Å². The number of benzene rings is 1. The van der Waals surface area contributed by atoms with E-state index in [1.165, 1.54) is 0 Å². The van der Waals surface area contributed by atoms with E-state index in [0.29, 0.717) is 36.6 Å². The van der Waals surface area contributed by atoms with Crippen LogP contribution in [0.1, 0.15) is 42.7 Å². The number of nitrogens with zero attached hydrogens (tertiary/aromatic N) is 2. The highest BCUT2D eigenvalue weighted by Crippen LogP contribution is 2.30. The molecule has 2 aromatic rings. The van der Waals surface area contributed by atoms with Crippen molar-refractivity contribution in [3.8, 4) is 11.5 Å². The first-order valence-corrected chi connectivity index (χ1v) is 10.3. The first-order chi connectivity index (χ1) is 14.5. The molecule has 0 unspecified atom stereocenters. The van der Waals surface area contributed by atoms with Crippen molar-refractivity contribution < 1.29 is 19.1 Å². The van der Waals surface area contributed by atoms with Gasteiger partial charge in [0.2, 0.25) is 5.91 Å². The Morgan fingerprint density at radius 3 is 2.60 bits per heavy atom. The number of carbonyl (C=O) groups is 2. The third-order valence-electron chi connectivity index (χ3n) is 5.23. The van der Waals surface area contributed by atoms with E-state index in [1.807, 2.05) is 30.0 Å². The van der Waals surface area contributed by atoms with Crippen LogP contribution in [-0.2, 0) is 11.2 Å². The minimum atomic E-state index is -0.168. The Morgan fingerprint density at radius 1 is 1.20 bits per heavy atom. The van der Waals surface area contributed by atoms with Crippen LogP contribution in [0.4, 0.5) is 0 Å². The summed E-state index contributed by atoms with van der Waals surface area (Å²) in [4.78, 5) is 30.2. The molecule has 160 valence electrons. The number of methoxy groups -OCH3 is 1. The van der Waals surface area contributed by atoms with E-state index in [-0.39, 0.29) is 24.0 Å². The van der Waals surface area contributed by atoms with Crippen LogP contribution < -0.4 is 14.8 Å². The van der Waals surface area contributed by atoms with Gasteiger partial charge in [0.1, 0.15) is 6.10 Å². The van der Waals surface area contributed by atoms with Gasteiger partial charge in [-0.1, -0.05) is 6.07 Å². The molecule has 0 radical (unpaired) electrons. The fourth-order valence-electron chi connectivity index (χ4n) is 3.57. The zero-order valence-electron chi connectivity index (χ0n) is 17.8. The Balaban J connectivity index is 1.59. The van der Waals surface area contributed by atoms with Gasteiger partial charge in [-0.2, -0.15) is 0 Å². The number of aromatic nitrogens is 1. The summed E-state index contributed by atoms with van der Waals surface area (Å²) in [6.07, 6.45) is 3.97. The fourth-order valence-corrected chi connectivity index (χ4v) is 3.57. The zero-order chi connectivity index (χ0) is 21.5. The lowest BCUT2D eigenvalue weighted by molar-refractivity contribution is -0.130. The first-order valence-electron chi connectivity index (χ1n) is 10.3. The van der Waals surface area contributed by atoms with E-state index in [2.05, 4.69) is 10.3 Å². The van der Waals surface area contributed by atoms with Gasteiger partial charge < -0.3 is 19.7 Å². The average molecular weight is 412 g/mol. The lowest BCUT2D eigenvalue weighted by atomic mass is 10.1. The summed E-state index contributed by atoms with van der Waals surface area (Å²) in [6.45, 7) is 4.92. The molecule has 0 bridgehead atoms. The number of piperidine rings is 1. The van der Waals surface area contributed by atoms with Crippen molar-refractivity contribution in [2.24, 2.45) is 0 Å². The summed E-state index contributed by atoms with van der Waals surface area (Å²) < 4.78 is 11.6. The summed E-state index contributed by atoms with van der Waals surface area (Å²) in [6, 6.07) is 10.9. The van der Waals surface area contributed by atoms with Crippen molar-refractivity contribution in [3.63, 3.8) is 0 Å². The Labute approximate surface area is 177 Å². The molecule has 1 saturated heterocycles. The van der Waals surface area contributed by atoms with Crippen LogP contribution >= 0.6 is 0 Å². The normalized spacial score (nSPS) is 15.4. The fraction of sp³-hybridized carbons (Fsp3) is 0.435. The minimum absolute atomic E-state index is 0.0209. The highest BCUT2D eigenvalue weighted by molar-refractivity contribution is 5.95. The Morgan fingerprint density at radius 2 is 1.97 bits per heavy atom. The third-order valence-corrected chi connectivity index (χ3v) is 5.23. The van der Waals surface area contributed by atoms with Crippen LogP contribution in [0.3, 0.4) is 0 Å². The third kappa shape index (κ3) is 5.72. The smallest absolute Gasteiger partial charge is 0.251 e. The number of carbonyl (C=O) groups excluding carboxylic acids is 2. The number of nitrogens with one attached hydrogen (secondary N) is 1. The number of hydrogen-bond donors (Lipinski definition) is 1. The van der Waals surface area contributed by atoms with E-state index >= 15 is 0 Å². The Bertz CT molecular complexity index is 864. The molecule has 0 aliphatic carbocycles. The molecule has 1 aromatic carbocycles. The van der Waals surface area contributed by atoms with Crippen molar-refractivity contribution in [2.45, 2.75) is 45.3 Å². The maximum absolute atomic E-state index is 12.6. The monoisotopic (exact) mass is 411 g/mol. The van der Waals surface area contributed by atoms with Crippen molar-refractivity contribution in [1.82, 2.24) is 15.2 Å². The molecule has 7 nitrogen and oxygen atoms in total. The minimum Gasteiger partial charge on any atom is -0.493 e. The molecule has 1 aromatic heterocycles. The second-order valence-corrected chi connectivity index (χ2v) is 7.59. The van der Waals surface area contributed by atoms with E-state index in [9.17, 15) is 9.59 Å². The lowest BCUT2D eigenvalue weighted by Crippen LogP contribution is -2.40. The maximum atomic E-state index is 12.6. The van der Waals surface area contributed by atoms with Gasteiger partial charge in [-0.25, -0.2) is 0 Å². The molecule has 1 atom stereocenters.